The van der Waals surface area contributed by atoms with Crippen molar-refractivity contribution in [2.24, 2.45) is 0 Å². The zero-order chi connectivity index (χ0) is 14.8. The second kappa shape index (κ2) is 6.09. The molecule has 1 N–H and O–H groups in total. The number of morpholine rings is 1. The highest BCUT2D eigenvalue weighted by Crippen LogP contribution is 2.27. The lowest BCUT2D eigenvalue weighted by Crippen LogP contribution is -2.45. The molecule has 2 heterocycles. The highest BCUT2D eigenvalue weighted by atomic mass is 32.1. The first-order valence-electron chi connectivity index (χ1n) is 6.90. The maximum Gasteiger partial charge on any atom is 0.263 e. The lowest BCUT2D eigenvalue weighted by atomic mass is 10.2. The fourth-order valence-corrected chi connectivity index (χ4v) is 3.51. The van der Waals surface area contributed by atoms with E-state index in [9.17, 15) is 9.18 Å². The first-order valence-corrected chi connectivity index (χ1v) is 7.72. The number of amides is 1. The maximum atomic E-state index is 13.2. The van der Waals surface area contributed by atoms with E-state index in [1.807, 2.05) is 6.07 Å². The maximum absolute atomic E-state index is 13.2. The molecule has 2 aromatic rings. The smallest absolute Gasteiger partial charge is 0.263 e. The van der Waals surface area contributed by atoms with Crippen molar-refractivity contribution in [1.29, 1.82) is 0 Å². The molecule has 1 aromatic carbocycles. The van der Waals surface area contributed by atoms with Crippen molar-refractivity contribution in [2.45, 2.75) is 6.10 Å². The number of ether oxygens (including phenoxy) is 1. The van der Waals surface area contributed by atoms with Gasteiger partial charge in [-0.1, -0.05) is 6.07 Å². The van der Waals surface area contributed by atoms with E-state index in [4.69, 9.17) is 4.74 Å². The average Bonchev–Trinajstić information content (AvgIpc) is 2.90. The molecule has 21 heavy (non-hydrogen) atoms. The van der Waals surface area contributed by atoms with Crippen LogP contribution in [0.3, 0.4) is 0 Å². The second-order valence-corrected chi connectivity index (χ2v) is 6.26. The largest absolute Gasteiger partial charge is 0.374 e. The molecule has 6 heteroatoms. The van der Waals surface area contributed by atoms with E-state index in [1.54, 1.807) is 18.0 Å². The van der Waals surface area contributed by atoms with Crippen LogP contribution in [0, 0.1) is 5.82 Å². The van der Waals surface area contributed by atoms with Crippen molar-refractivity contribution >= 4 is 27.3 Å². The quantitative estimate of drug-likeness (QED) is 0.944. The van der Waals surface area contributed by atoms with Gasteiger partial charge in [0.2, 0.25) is 0 Å². The Labute approximate surface area is 126 Å². The van der Waals surface area contributed by atoms with Crippen LogP contribution in [0.15, 0.2) is 24.3 Å². The summed E-state index contributed by atoms with van der Waals surface area (Å²) in [7, 11) is 1.77. The molecule has 0 bridgehead atoms. The Hall–Kier alpha value is -1.50. The van der Waals surface area contributed by atoms with E-state index in [1.165, 1.54) is 23.5 Å². The predicted octanol–water partition coefficient (Wildman–Crippen LogP) is 2.10. The number of fused-ring (bicyclic) bond motifs is 1. The fraction of sp³-hybridized carbons (Fsp3) is 0.400. The number of rotatable bonds is 3. The average molecular weight is 308 g/mol. The number of nitrogens with zero attached hydrogens (tertiary/aromatic N) is 1. The van der Waals surface area contributed by atoms with Crippen molar-refractivity contribution in [3.63, 3.8) is 0 Å². The lowest BCUT2D eigenvalue weighted by molar-refractivity contribution is 0.0105. The van der Waals surface area contributed by atoms with Crippen LogP contribution < -0.4 is 5.32 Å². The summed E-state index contributed by atoms with van der Waals surface area (Å²) in [5.41, 5.74) is 0. The first-order chi connectivity index (χ1) is 10.1. The summed E-state index contributed by atoms with van der Waals surface area (Å²) in [4.78, 5) is 14.7. The van der Waals surface area contributed by atoms with Gasteiger partial charge in [0, 0.05) is 31.4 Å². The number of carbonyl (C=O) groups is 1. The third-order valence-electron chi connectivity index (χ3n) is 3.52. The number of nitrogens with one attached hydrogen (secondary N) is 1. The zero-order valence-corrected chi connectivity index (χ0v) is 12.6. The highest BCUT2D eigenvalue weighted by Gasteiger charge is 2.20. The normalized spacial score (nSPS) is 18.9. The number of carbonyl (C=O) groups excluding carboxylic acids is 1. The van der Waals surface area contributed by atoms with Crippen LogP contribution in [0.5, 0.6) is 0 Å². The van der Waals surface area contributed by atoms with Gasteiger partial charge in [-0.2, -0.15) is 0 Å². The molecule has 1 aliphatic heterocycles. The summed E-state index contributed by atoms with van der Waals surface area (Å²) >= 11 is 1.32. The van der Waals surface area contributed by atoms with E-state index >= 15 is 0 Å². The topological polar surface area (TPSA) is 41.6 Å². The Morgan fingerprint density at radius 2 is 2.38 bits per heavy atom. The lowest BCUT2D eigenvalue weighted by Gasteiger charge is -2.27. The summed E-state index contributed by atoms with van der Waals surface area (Å²) in [6.45, 7) is 2.84. The van der Waals surface area contributed by atoms with Gasteiger partial charge in [0.15, 0.2) is 0 Å². The molecule has 1 amide bonds. The number of hydrogen-bond acceptors (Lipinski definition) is 4. The van der Waals surface area contributed by atoms with Crippen molar-refractivity contribution in [3.05, 3.63) is 35.0 Å². The summed E-state index contributed by atoms with van der Waals surface area (Å²) in [6, 6.07) is 6.39. The molecule has 3 rings (SSSR count). The molecular weight excluding hydrogens is 291 g/mol. The highest BCUT2D eigenvalue weighted by molar-refractivity contribution is 7.20. The van der Waals surface area contributed by atoms with Gasteiger partial charge in [0.1, 0.15) is 5.82 Å². The van der Waals surface area contributed by atoms with Crippen molar-refractivity contribution < 1.29 is 13.9 Å². The number of benzene rings is 1. The van der Waals surface area contributed by atoms with E-state index in [0.717, 1.165) is 23.2 Å². The summed E-state index contributed by atoms with van der Waals surface area (Å²) < 4.78 is 19.6. The predicted molar refractivity (Wildman–Crippen MR) is 81.4 cm³/mol. The van der Waals surface area contributed by atoms with E-state index < -0.39 is 0 Å². The Morgan fingerprint density at radius 1 is 1.52 bits per heavy atom. The van der Waals surface area contributed by atoms with Gasteiger partial charge in [-0.25, -0.2) is 4.39 Å². The number of thiophene rings is 1. The molecule has 4 nitrogen and oxygen atoms in total. The van der Waals surface area contributed by atoms with Crippen molar-refractivity contribution in [3.8, 4) is 0 Å². The van der Waals surface area contributed by atoms with Gasteiger partial charge >= 0.3 is 0 Å². The fourth-order valence-electron chi connectivity index (χ4n) is 2.42. The van der Waals surface area contributed by atoms with Crippen molar-refractivity contribution in [1.82, 2.24) is 10.2 Å². The molecule has 1 saturated heterocycles. The molecule has 0 spiro atoms. The molecular formula is C15H17FN2O2S. The van der Waals surface area contributed by atoms with Crippen LogP contribution in [0.4, 0.5) is 4.39 Å². The number of hydrogen-bond donors (Lipinski definition) is 1. The third kappa shape index (κ3) is 3.23. The molecule has 1 atom stereocenters. The van der Waals surface area contributed by atoms with Crippen LogP contribution in [0.25, 0.3) is 10.1 Å². The minimum atomic E-state index is -0.279. The number of likely N-dealkylation sites (N-methyl/N-ethyl adjacent to an activating group) is 1. The van der Waals surface area contributed by atoms with Crippen LogP contribution in [0.1, 0.15) is 9.67 Å². The first kappa shape index (κ1) is 14.4. The number of halogens is 1. The Balaban J connectivity index is 1.72. The molecule has 0 aliphatic carbocycles. The van der Waals surface area contributed by atoms with E-state index in [2.05, 4.69) is 5.32 Å². The third-order valence-corrected chi connectivity index (χ3v) is 4.61. The summed E-state index contributed by atoms with van der Waals surface area (Å²) in [5, 5.41) is 4.14. The van der Waals surface area contributed by atoms with E-state index in [-0.39, 0.29) is 17.8 Å². The minimum Gasteiger partial charge on any atom is -0.374 e. The van der Waals surface area contributed by atoms with E-state index in [0.29, 0.717) is 18.0 Å². The van der Waals surface area contributed by atoms with Crippen LogP contribution in [-0.2, 0) is 4.74 Å². The molecule has 1 aliphatic rings. The van der Waals surface area contributed by atoms with Crippen LogP contribution in [-0.4, -0.2) is 50.2 Å². The molecule has 1 unspecified atom stereocenters. The molecule has 1 aromatic heterocycles. The van der Waals surface area contributed by atoms with Gasteiger partial charge in [-0.3, -0.25) is 4.79 Å². The standard InChI is InChI=1S/C15H17FN2O2S/c1-18(9-12-8-17-4-5-20-12)15(19)14-6-10-2-3-11(16)7-13(10)21-14/h2-3,6-7,12,17H,4-5,8-9H2,1H3. The molecule has 1 fully saturated rings. The SMILES string of the molecule is CN(CC1CNCCO1)C(=O)c1cc2ccc(F)cc2s1. The van der Waals surface area contributed by atoms with Gasteiger partial charge in [0.25, 0.3) is 5.91 Å². The minimum absolute atomic E-state index is 0.0273. The van der Waals surface area contributed by atoms with Gasteiger partial charge in [0.05, 0.1) is 17.6 Å². The van der Waals surface area contributed by atoms with Gasteiger partial charge in [-0.15, -0.1) is 11.3 Å². The molecule has 112 valence electrons. The van der Waals surface area contributed by atoms with Gasteiger partial charge in [-0.05, 0) is 23.6 Å². The zero-order valence-electron chi connectivity index (χ0n) is 11.8. The van der Waals surface area contributed by atoms with Gasteiger partial charge < -0.3 is 15.0 Å². The Bertz CT molecular complexity index is 652. The Morgan fingerprint density at radius 3 is 3.14 bits per heavy atom. The molecule has 0 saturated carbocycles. The summed E-state index contributed by atoms with van der Waals surface area (Å²) in [5.74, 6) is -0.329. The van der Waals surface area contributed by atoms with Crippen LogP contribution >= 0.6 is 11.3 Å². The van der Waals surface area contributed by atoms with Crippen molar-refractivity contribution in [2.75, 3.05) is 33.3 Å². The monoisotopic (exact) mass is 308 g/mol. The Kier molecular flexibility index (Phi) is 4.19. The van der Waals surface area contributed by atoms with Crippen LogP contribution in [0.2, 0.25) is 0 Å². The second-order valence-electron chi connectivity index (χ2n) is 5.18. The molecule has 0 radical (unpaired) electrons. The summed E-state index contributed by atoms with van der Waals surface area (Å²) in [6.07, 6.45) is 0.0273.